The van der Waals surface area contributed by atoms with Crippen LogP contribution in [0, 0.1) is 5.82 Å². The Hall–Kier alpha value is -3.61. The quantitative estimate of drug-likeness (QED) is 0.473. The number of nitrogens with zero attached hydrogens (tertiary/aromatic N) is 3. The Morgan fingerprint density at radius 1 is 1.10 bits per heavy atom. The molecule has 1 aromatic carbocycles. The van der Waals surface area contributed by atoms with Crippen LogP contribution in [0.15, 0.2) is 55.0 Å². The molecule has 1 saturated carbocycles. The summed E-state index contributed by atoms with van der Waals surface area (Å²) in [5.74, 6) is 0.571. The molecule has 154 valence electrons. The summed E-state index contributed by atoms with van der Waals surface area (Å²) in [5.41, 5.74) is 3.61. The smallest absolute Gasteiger partial charge is 0.339 e. The first-order valence-corrected chi connectivity index (χ1v) is 10.4. The highest BCUT2D eigenvalue weighted by Crippen LogP contribution is 2.49. The van der Waals surface area contributed by atoms with E-state index in [9.17, 15) is 9.18 Å². The van der Waals surface area contributed by atoms with Crippen molar-refractivity contribution >= 4 is 17.0 Å². The minimum absolute atomic E-state index is 0.231. The van der Waals surface area contributed by atoms with Crippen molar-refractivity contribution in [1.82, 2.24) is 19.9 Å². The molecule has 0 unspecified atom stereocenters. The lowest BCUT2D eigenvalue weighted by atomic mass is 9.75. The average Bonchev–Trinajstić information content (AvgIpc) is 3.34. The van der Waals surface area contributed by atoms with Crippen molar-refractivity contribution in [2.75, 3.05) is 0 Å². The summed E-state index contributed by atoms with van der Waals surface area (Å²) in [6.07, 6.45) is 8.22. The fourth-order valence-electron chi connectivity index (χ4n) is 4.89. The summed E-state index contributed by atoms with van der Waals surface area (Å²) in [6, 6.07) is 10.2. The zero-order valence-electron chi connectivity index (χ0n) is 16.6. The number of imidazole rings is 1. The number of nitrogens with one attached hydrogen (secondary N) is 1. The zero-order valence-corrected chi connectivity index (χ0v) is 16.6. The van der Waals surface area contributed by atoms with Gasteiger partial charge in [-0.3, -0.25) is 9.97 Å². The van der Waals surface area contributed by atoms with E-state index in [2.05, 4.69) is 15.0 Å². The molecule has 0 bridgehead atoms. The molecule has 1 aliphatic carbocycles. The number of rotatable bonds is 2. The lowest BCUT2D eigenvalue weighted by molar-refractivity contribution is -0.0313. The van der Waals surface area contributed by atoms with Gasteiger partial charge in [0.25, 0.3) is 0 Å². The van der Waals surface area contributed by atoms with E-state index in [4.69, 9.17) is 9.72 Å². The van der Waals surface area contributed by atoms with Gasteiger partial charge in [0.1, 0.15) is 22.8 Å². The fraction of sp³-hybridized carbons (Fsp3) is 0.250. The molecule has 4 heterocycles. The van der Waals surface area contributed by atoms with Gasteiger partial charge in [0, 0.05) is 29.4 Å². The zero-order chi connectivity index (χ0) is 21.0. The van der Waals surface area contributed by atoms with E-state index in [1.807, 2.05) is 6.07 Å². The van der Waals surface area contributed by atoms with Gasteiger partial charge in [-0.2, -0.15) is 0 Å². The molecule has 1 fully saturated rings. The van der Waals surface area contributed by atoms with Crippen molar-refractivity contribution in [2.24, 2.45) is 0 Å². The van der Waals surface area contributed by atoms with Crippen LogP contribution in [-0.4, -0.2) is 25.9 Å². The van der Waals surface area contributed by atoms with Gasteiger partial charge in [0.2, 0.25) is 0 Å². The van der Waals surface area contributed by atoms with Crippen molar-refractivity contribution in [1.29, 1.82) is 0 Å². The van der Waals surface area contributed by atoms with Crippen molar-refractivity contribution in [3.05, 3.63) is 77.8 Å². The average molecular weight is 414 g/mol. The number of aromatic nitrogens is 4. The number of fused-ring (bicyclic) bond motifs is 3. The molecule has 2 aliphatic rings. The molecule has 4 aromatic rings. The highest BCUT2D eigenvalue weighted by atomic mass is 19.1. The maximum absolute atomic E-state index is 14.1. The molecule has 0 amide bonds. The van der Waals surface area contributed by atoms with Crippen LogP contribution >= 0.6 is 0 Å². The minimum atomic E-state index is -0.567. The first-order valence-electron chi connectivity index (χ1n) is 10.4. The number of carbonyl (C=O) groups excluding carboxylic acids is 1. The van der Waals surface area contributed by atoms with Gasteiger partial charge in [-0.05, 0) is 49.9 Å². The maximum Gasteiger partial charge on any atom is 0.339 e. The summed E-state index contributed by atoms with van der Waals surface area (Å²) in [6.45, 7) is 0. The number of hydrogen-bond acceptors (Lipinski definition) is 5. The van der Waals surface area contributed by atoms with E-state index in [0.717, 1.165) is 48.1 Å². The van der Waals surface area contributed by atoms with E-state index in [0.29, 0.717) is 16.8 Å². The normalized spacial score (nSPS) is 22.6. The Morgan fingerprint density at radius 2 is 1.94 bits per heavy atom. The number of halogens is 1. The number of pyridine rings is 2. The molecule has 0 saturated heterocycles. The number of hydrogen-bond donors (Lipinski definition) is 1. The van der Waals surface area contributed by atoms with E-state index >= 15 is 0 Å². The Bertz CT molecular complexity index is 1320. The second-order valence-electron chi connectivity index (χ2n) is 8.27. The molecule has 3 aromatic heterocycles. The molecule has 6 nitrogen and oxygen atoms in total. The van der Waals surface area contributed by atoms with Crippen molar-refractivity contribution < 1.29 is 13.9 Å². The second kappa shape index (κ2) is 6.70. The van der Waals surface area contributed by atoms with Crippen molar-refractivity contribution in [3.63, 3.8) is 0 Å². The molecule has 1 spiro atoms. The fourth-order valence-corrected chi connectivity index (χ4v) is 4.89. The van der Waals surface area contributed by atoms with Crippen molar-refractivity contribution in [2.45, 2.75) is 37.2 Å². The number of benzene rings is 1. The molecule has 1 N–H and O–H groups in total. The van der Waals surface area contributed by atoms with Crippen molar-refractivity contribution in [3.8, 4) is 11.3 Å². The predicted octanol–water partition coefficient (Wildman–Crippen LogP) is 4.88. The number of aromatic amines is 1. The summed E-state index contributed by atoms with van der Waals surface area (Å²) in [7, 11) is 0. The number of H-pyrrole nitrogens is 1. The van der Waals surface area contributed by atoms with Gasteiger partial charge in [0.05, 0.1) is 23.0 Å². The lowest BCUT2D eigenvalue weighted by Crippen LogP contribution is -2.31. The predicted molar refractivity (Wildman–Crippen MR) is 112 cm³/mol. The monoisotopic (exact) mass is 414 g/mol. The molecule has 6 rings (SSSR count). The van der Waals surface area contributed by atoms with E-state index in [-0.39, 0.29) is 17.7 Å². The van der Waals surface area contributed by atoms with Gasteiger partial charge in [0.15, 0.2) is 0 Å². The molecule has 1 aliphatic heterocycles. The van der Waals surface area contributed by atoms with Gasteiger partial charge >= 0.3 is 5.97 Å². The van der Waals surface area contributed by atoms with E-state index in [1.54, 1.807) is 42.9 Å². The van der Waals surface area contributed by atoms with Crippen LogP contribution in [0.2, 0.25) is 0 Å². The topological polar surface area (TPSA) is 80.8 Å². The maximum atomic E-state index is 14.1. The highest BCUT2D eigenvalue weighted by molar-refractivity contribution is 5.94. The molecule has 31 heavy (non-hydrogen) atoms. The number of ether oxygens (including phenoxy) is 1. The first-order chi connectivity index (χ1) is 15.1. The van der Waals surface area contributed by atoms with Crippen LogP contribution in [0.5, 0.6) is 0 Å². The van der Waals surface area contributed by atoms with Crippen LogP contribution in [0.3, 0.4) is 0 Å². The largest absolute Gasteiger partial charge is 0.450 e. The molecular formula is C24H19FN4O2. The minimum Gasteiger partial charge on any atom is -0.450 e. The molecule has 7 heteroatoms. The Kier molecular flexibility index (Phi) is 3.93. The molecule has 0 atom stereocenters. The van der Waals surface area contributed by atoms with Crippen LogP contribution < -0.4 is 0 Å². The van der Waals surface area contributed by atoms with Crippen LogP contribution in [-0.2, 0) is 10.3 Å². The van der Waals surface area contributed by atoms with Crippen LogP contribution in [0.4, 0.5) is 4.39 Å². The summed E-state index contributed by atoms with van der Waals surface area (Å²) < 4.78 is 20.0. The molecular weight excluding hydrogens is 395 g/mol. The third-order valence-electron chi connectivity index (χ3n) is 6.54. The Labute approximate surface area is 177 Å². The van der Waals surface area contributed by atoms with Gasteiger partial charge in [-0.25, -0.2) is 14.2 Å². The summed E-state index contributed by atoms with van der Waals surface area (Å²) in [5, 5.41) is 0. The van der Waals surface area contributed by atoms with Gasteiger partial charge < -0.3 is 9.72 Å². The first kappa shape index (κ1) is 18.2. The number of esters is 1. The van der Waals surface area contributed by atoms with Gasteiger partial charge in [-0.15, -0.1) is 0 Å². The third-order valence-corrected chi connectivity index (χ3v) is 6.54. The summed E-state index contributed by atoms with van der Waals surface area (Å²) in [4.78, 5) is 29.0. The summed E-state index contributed by atoms with van der Waals surface area (Å²) >= 11 is 0. The Morgan fingerprint density at radius 3 is 2.77 bits per heavy atom. The number of carbonyl (C=O) groups is 1. The SMILES string of the molecule is O=C1O[C@]2(CC[C@H](c3nc4cnc(-c5ccccc5F)cc4[nH]3)CC2)c2cnccc21. The van der Waals surface area contributed by atoms with Gasteiger partial charge in [-0.1, -0.05) is 12.1 Å². The standard InChI is InChI=1S/C24H19FN4O2/c25-18-4-2-1-3-16(18)19-11-20-21(13-27-19)29-22(28-20)14-5-8-24(9-6-14)17-12-26-10-7-15(17)23(30)31-24/h1-4,7,10-14H,5-6,8-9H2,(H,28,29)/t14-,24-. The van der Waals surface area contributed by atoms with Crippen LogP contribution in [0.25, 0.3) is 22.3 Å². The molecule has 0 radical (unpaired) electrons. The second-order valence-corrected chi connectivity index (χ2v) is 8.27. The third kappa shape index (κ3) is 2.84. The Balaban J connectivity index is 1.27. The van der Waals surface area contributed by atoms with E-state index < -0.39 is 5.60 Å². The van der Waals surface area contributed by atoms with Crippen LogP contribution in [0.1, 0.15) is 53.3 Å². The van der Waals surface area contributed by atoms with E-state index in [1.165, 1.54) is 6.07 Å². The lowest BCUT2D eigenvalue weighted by Gasteiger charge is -2.35. The highest BCUT2D eigenvalue weighted by Gasteiger charge is 2.48.